The summed E-state index contributed by atoms with van der Waals surface area (Å²) in [5, 5.41) is 14.1. The van der Waals surface area contributed by atoms with Crippen LogP contribution in [0, 0.1) is 5.92 Å². The Morgan fingerprint density at radius 2 is 1.51 bits per heavy atom. The molecule has 2 aromatic heterocycles. The lowest BCUT2D eigenvalue weighted by molar-refractivity contribution is -0.175. The van der Waals surface area contributed by atoms with Gasteiger partial charge in [0, 0.05) is 20.0 Å². The van der Waals surface area contributed by atoms with Gasteiger partial charge in [0.15, 0.2) is 37.7 Å². The van der Waals surface area contributed by atoms with Crippen LogP contribution in [0.25, 0.3) is 11.2 Å². The third-order valence-corrected chi connectivity index (χ3v) is 16.0. The lowest BCUT2D eigenvalue weighted by atomic mass is 9.79. The van der Waals surface area contributed by atoms with E-state index >= 15 is 4.39 Å². The normalized spacial score (nSPS) is 19.9. The maximum Gasteiger partial charge on any atom is 0.233 e. The molecule has 3 heterocycles. The molecule has 4 atom stereocenters. The summed E-state index contributed by atoms with van der Waals surface area (Å²) in [6.07, 6.45) is -3.07. The molecular weight excluding hydrogens is 772 g/mol. The Balaban J connectivity index is 1.53. The van der Waals surface area contributed by atoms with Crippen LogP contribution in [0.15, 0.2) is 85.2 Å². The lowest BCUT2D eigenvalue weighted by Gasteiger charge is -2.44. The second-order valence-electron chi connectivity index (χ2n) is 17.0. The van der Waals surface area contributed by atoms with E-state index in [1.54, 1.807) is 47.1 Å². The number of halogens is 1. The van der Waals surface area contributed by atoms with Gasteiger partial charge < -0.3 is 33.4 Å². The molecule has 316 valence electrons. The van der Waals surface area contributed by atoms with Gasteiger partial charge in [-0.05, 0) is 59.1 Å². The van der Waals surface area contributed by atoms with Crippen LogP contribution < -0.4 is 19.7 Å². The number of methoxy groups -OCH3 is 2. The summed E-state index contributed by atoms with van der Waals surface area (Å²) in [6.45, 7) is 12.8. The van der Waals surface area contributed by atoms with Gasteiger partial charge in [-0.1, -0.05) is 89.2 Å². The van der Waals surface area contributed by atoms with E-state index in [0.717, 1.165) is 16.7 Å². The number of carbonyl (C=O) groups excluding carboxylic acids is 1. The molecule has 3 aromatic carbocycles. The molecule has 0 saturated carbocycles. The zero-order valence-electron chi connectivity index (χ0n) is 35.8. The van der Waals surface area contributed by atoms with E-state index in [2.05, 4.69) is 41.0 Å². The number of benzene rings is 3. The van der Waals surface area contributed by atoms with Crippen molar-refractivity contribution < 1.29 is 37.7 Å². The number of fused-ring (bicyclic) bond motifs is 1. The number of hydrogen-bond donors (Lipinski definition) is 2. The standard InChI is InChI=1S/C44H57FN6O7Si/c1-28(2)39(53)49-41-47-37(50(6)7)35-38(48-41)51(27-46-35)40-34(45)36(58-59(10,11)42(3,4)5)43(25-52,57-40)26-56-44(29-15-13-12-14-16-29,30-17-21-32(54-8)22-18-30)31-19-23-33(55-9)24-20-31/h12-24,27-28,34,36,40,52H,25-26H2,1-11H3,(H,47,48,49,53)/t34-,36-,40+,43+/m0/s1. The average Bonchev–Trinajstić information content (AvgIpc) is 3.75. The number of nitrogens with one attached hydrogen (secondary N) is 1. The summed E-state index contributed by atoms with van der Waals surface area (Å²) >= 11 is 0. The van der Waals surface area contributed by atoms with Crippen LogP contribution in [0.2, 0.25) is 18.1 Å². The highest BCUT2D eigenvalue weighted by molar-refractivity contribution is 6.74. The molecule has 2 N–H and O–H groups in total. The van der Waals surface area contributed by atoms with E-state index in [1.807, 2.05) is 92.0 Å². The van der Waals surface area contributed by atoms with E-state index in [9.17, 15) is 9.90 Å². The van der Waals surface area contributed by atoms with Crippen molar-refractivity contribution in [1.29, 1.82) is 0 Å². The van der Waals surface area contributed by atoms with Gasteiger partial charge >= 0.3 is 0 Å². The van der Waals surface area contributed by atoms with Crippen LogP contribution in [0.1, 0.15) is 57.5 Å². The summed E-state index contributed by atoms with van der Waals surface area (Å²) in [7, 11) is 4.04. The zero-order valence-corrected chi connectivity index (χ0v) is 36.8. The number of anilines is 2. The molecule has 0 bridgehead atoms. The molecule has 1 amide bonds. The van der Waals surface area contributed by atoms with Crippen LogP contribution in [0.3, 0.4) is 0 Å². The largest absolute Gasteiger partial charge is 0.497 e. The lowest BCUT2D eigenvalue weighted by Crippen LogP contribution is -2.57. The van der Waals surface area contributed by atoms with E-state index in [4.69, 9.17) is 23.4 Å². The number of alkyl halides is 1. The van der Waals surface area contributed by atoms with Gasteiger partial charge in [0.1, 0.15) is 28.8 Å². The Morgan fingerprint density at radius 3 is 2.00 bits per heavy atom. The zero-order chi connectivity index (χ0) is 42.9. The minimum Gasteiger partial charge on any atom is -0.497 e. The first kappa shape index (κ1) is 43.6. The predicted molar refractivity (Wildman–Crippen MR) is 228 cm³/mol. The highest BCUT2D eigenvalue weighted by Crippen LogP contribution is 2.49. The molecule has 1 aliphatic rings. The van der Waals surface area contributed by atoms with Crippen LogP contribution >= 0.6 is 0 Å². The highest BCUT2D eigenvalue weighted by Gasteiger charge is 2.61. The van der Waals surface area contributed by atoms with Crippen molar-refractivity contribution in [3.05, 3.63) is 102 Å². The molecule has 1 aliphatic heterocycles. The van der Waals surface area contributed by atoms with Gasteiger partial charge in [-0.2, -0.15) is 9.97 Å². The molecule has 0 spiro atoms. The van der Waals surface area contributed by atoms with E-state index in [0.29, 0.717) is 22.8 Å². The number of aliphatic hydroxyl groups excluding tert-OH is 1. The number of aromatic nitrogens is 4. The fraction of sp³-hybridized carbons (Fsp3) is 0.455. The molecule has 1 saturated heterocycles. The minimum atomic E-state index is -2.75. The Morgan fingerprint density at radius 1 is 0.949 bits per heavy atom. The number of hydrogen-bond acceptors (Lipinski definition) is 11. The van der Waals surface area contributed by atoms with E-state index in [1.165, 1.54) is 10.9 Å². The molecule has 5 aromatic rings. The predicted octanol–water partition coefficient (Wildman–Crippen LogP) is 7.50. The number of rotatable bonds is 15. The molecular formula is C44H57FN6O7Si. The van der Waals surface area contributed by atoms with Crippen molar-refractivity contribution >= 4 is 37.2 Å². The van der Waals surface area contributed by atoms with Crippen molar-refractivity contribution in [2.75, 3.05) is 51.7 Å². The second kappa shape index (κ2) is 17.0. The number of aliphatic hydroxyl groups is 1. The second-order valence-corrected chi connectivity index (χ2v) is 21.8. The Hall–Kier alpha value is -4.93. The molecule has 0 unspecified atom stereocenters. The van der Waals surface area contributed by atoms with Gasteiger partial charge in [-0.15, -0.1) is 0 Å². The van der Waals surface area contributed by atoms with Crippen LogP contribution in [-0.4, -0.2) is 98.3 Å². The van der Waals surface area contributed by atoms with Gasteiger partial charge in [0.25, 0.3) is 0 Å². The fourth-order valence-electron chi connectivity index (χ4n) is 6.99. The summed E-state index contributed by atoms with van der Waals surface area (Å²) < 4.78 is 51.4. The van der Waals surface area contributed by atoms with E-state index in [-0.39, 0.29) is 35.1 Å². The van der Waals surface area contributed by atoms with Crippen molar-refractivity contribution in [2.24, 2.45) is 5.92 Å². The smallest absolute Gasteiger partial charge is 0.233 e. The third kappa shape index (κ3) is 8.31. The minimum absolute atomic E-state index is 0.0347. The SMILES string of the molecule is COc1ccc(C(OC[C@@]2(CO)O[C@@H](n3cnc4c(N(C)C)nc(NC(=O)C(C)C)nc43)[C@@H](F)[C@@H]2O[Si](C)(C)C(C)(C)C)(c2ccccc2)c2ccc(OC)cc2)cc1. The summed E-state index contributed by atoms with van der Waals surface area (Å²) in [5.41, 5.74) is -0.180. The fourth-order valence-corrected chi connectivity index (χ4v) is 8.33. The number of ether oxygens (including phenoxy) is 4. The Kier molecular flexibility index (Phi) is 12.6. The molecule has 6 rings (SSSR count). The molecule has 13 nitrogen and oxygen atoms in total. The molecule has 0 radical (unpaired) electrons. The number of nitrogens with zero attached hydrogens (tertiary/aromatic N) is 5. The molecule has 59 heavy (non-hydrogen) atoms. The molecule has 0 aliphatic carbocycles. The number of imidazole rings is 1. The topological polar surface area (TPSA) is 142 Å². The van der Waals surface area contributed by atoms with Crippen LogP contribution in [0.4, 0.5) is 16.2 Å². The van der Waals surface area contributed by atoms with Crippen molar-refractivity contribution in [3.8, 4) is 11.5 Å². The highest BCUT2D eigenvalue weighted by atomic mass is 28.4. The van der Waals surface area contributed by atoms with Gasteiger partial charge in [-0.3, -0.25) is 14.7 Å². The maximum atomic E-state index is 17.8. The van der Waals surface area contributed by atoms with Crippen molar-refractivity contribution in [1.82, 2.24) is 19.5 Å². The molecule has 15 heteroatoms. The first-order chi connectivity index (χ1) is 27.9. The summed E-state index contributed by atoms with van der Waals surface area (Å²) in [5.74, 6) is 1.14. The van der Waals surface area contributed by atoms with Crippen LogP contribution in [0.5, 0.6) is 11.5 Å². The monoisotopic (exact) mass is 828 g/mol. The molecule has 1 fully saturated rings. The summed E-state index contributed by atoms with van der Waals surface area (Å²) in [4.78, 5) is 28.4. The van der Waals surface area contributed by atoms with Gasteiger partial charge in [0.05, 0.1) is 33.8 Å². The maximum absolute atomic E-state index is 17.8. The first-order valence-electron chi connectivity index (χ1n) is 19.7. The average molecular weight is 829 g/mol. The first-order valence-corrected chi connectivity index (χ1v) is 22.6. The van der Waals surface area contributed by atoms with E-state index < -0.39 is 44.6 Å². The Labute approximate surface area is 347 Å². The van der Waals surface area contributed by atoms with Crippen LogP contribution in [-0.2, 0) is 24.3 Å². The van der Waals surface area contributed by atoms with Gasteiger partial charge in [-0.25, -0.2) is 9.37 Å². The Bertz CT molecular complexity index is 2170. The van der Waals surface area contributed by atoms with Gasteiger partial charge in [0.2, 0.25) is 11.9 Å². The number of amides is 1. The third-order valence-electron chi connectivity index (χ3n) is 11.5. The summed E-state index contributed by atoms with van der Waals surface area (Å²) in [6, 6.07) is 24.9. The van der Waals surface area contributed by atoms with Crippen molar-refractivity contribution in [2.45, 2.75) is 82.5 Å². The quantitative estimate of drug-likeness (QED) is 0.0801. The number of carbonyl (C=O) groups is 1. The van der Waals surface area contributed by atoms with Crippen molar-refractivity contribution in [3.63, 3.8) is 0 Å².